The summed E-state index contributed by atoms with van der Waals surface area (Å²) in [6, 6.07) is 9.76. The third-order valence-electron chi connectivity index (χ3n) is 3.19. The van der Waals surface area contributed by atoms with Crippen LogP contribution in [0.2, 0.25) is 0 Å². The summed E-state index contributed by atoms with van der Waals surface area (Å²) in [6.07, 6.45) is 2.58. The molecule has 0 amide bonds. The summed E-state index contributed by atoms with van der Waals surface area (Å²) in [7, 11) is 0. The van der Waals surface area contributed by atoms with Gasteiger partial charge in [-0.1, -0.05) is 35.6 Å². The molecule has 0 saturated heterocycles. The maximum atomic E-state index is 8.16. The minimum atomic E-state index is 0.227. The molecule has 1 aliphatic rings. The Bertz CT molecular complexity index is 571. The lowest BCUT2D eigenvalue weighted by Gasteiger charge is -2.05. The normalized spacial score (nSPS) is 16.1. The van der Waals surface area contributed by atoms with Crippen LogP contribution in [-0.4, -0.2) is 11.5 Å². The Morgan fingerprint density at radius 3 is 2.55 bits per heavy atom. The molecule has 0 aromatic heterocycles. The number of hydrogen-bond acceptors (Lipinski definition) is 4. The first-order chi connectivity index (χ1) is 9.72. The highest BCUT2D eigenvalue weighted by Gasteiger charge is 2.20. The maximum absolute atomic E-state index is 8.16. The van der Waals surface area contributed by atoms with Gasteiger partial charge in [0.15, 0.2) is 5.84 Å². The summed E-state index contributed by atoms with van der Waals surface area (Å²) >= 11 is 0. The van der Waals surface area contributed by atoms with Crippen LogP contribution in [0.25, 0.3) is 0 Å². The van der Waals surface area contributed by atoms with Crippen LogP contribution in [-0.2, 0) is 6.54 Å². The van der Waals surface area contributed by atoms with E-state index in [4.69, 9.17) is 17.0 Å². The number of amidine groups is 1. The summed E-state index contributed by atoms with van der Waals surface area (Å²) < 4.78 is 0. The van der Waals surface area contributed by atoms with Gasteiger partial charge < -0.3 is 11.6 Å². The lowest BCUT2D eigenvalue weighted by molar-refractivity contribution is 0.895. The quantitative estimate of drug-likeness (QED) is 0.256. The van der Waals surface area contributed by atoms with Gasteiger partial charge >= 0.3 is 0 Å². The first-order valence-corrected chi connectivity index (χ1v) is 6.48. The largest absolute Gasteiger partial charge is 0.402 e. The Balaban J connectivity index is 2.19. The van der Waals surface area contributed by atoms with Gasteiger partial charge in [0.05, 0.1) is 6.54 Å². The van der Waals surface area contributed by atoms with Crippen molar-refractivity contribution in [2.24, 2.45) is 26.9 Å². The molecule has 0 bridgehead atoms. The van der Waals surface area contributed by atoms with Gasteiger partial charge in [0.25, 0.3) is 0 Å². The first kappa shape index (κ1) is 13.9. The van der Waals surface area contributed by atoms with Crippen molar-refractivity contribution in [3.63, 3.8) is 0 Å². The van der Waals surface area contributed by atoms with Crippen LogP contribution < -0.4 is 11.6 Å². The van der Waals surface area contributed by atoms with Crippen LogP contribution in [0, 0.1) is 5.41 Å². The Morgan fingerprint density at radius 1 is 1.20 bits per heavy atom. The highest BCUT2D eigenvalue weighted by Crippen LogP contribution is 2.23. The van der Waals surface area contributed by atoms with Gasteiger partial charge in [0, 0.05) is 5.70 Å². The second kappa shape index (κ2) is 6.60. The minimum absolute atomic E-state index is 0.227. The van der Waals surface area contributed by atoms with Crippen molar-refractivity contribution in [2.75, 3.05) is 0 Å². The van der Waals surface area contributed by atoms with E-state index in [1.807, 2.05) is 30.3 Å². The molecule has 104 valence electrons. The molecule has 0 radical (unpaired) electrons. The molecule has 0 saturated carbocycles. The summed E-state index contributed by atoms with van der Waals surface area (Å²) in [5.74, 6) is 5.34. The number of hydrogen-bond donors (Lipinski definition) is 3. The second-order valence-electron chi connectivity index (χ2n) is 4.57. The average Bonchev–Trinajstić information content (AvgIpc) is 2.90. The van der Waals surface area contributed by atoms with Crippen molar-refractivity contribution in [1.29, 1.82) is 5.41 Å². The standard InChI is InChI=1S/C14H18N6/c15-12-8-4-7-11(12)13(16)14(19-20-17)18-9-10-5-2-1-3-6-10/h1-3,5-6,16H,4,7-9,15H2,(H2,17,18,19). The summed E-state index contributed by atoms with van der Waals surface area (Å²) in [5, 5.41) is 15.2. The smallest absolute Gasteiger partial charge is 0.197 e. The number of nitrogens with one attached hydrogen (secondary N) is 1. The van der Waals surface area contributed by atoms with Crippen LogP contribution in [0.1, 0.15) is 24.8 Å². The fraction of sp³-hybridized carbons (Fsp3) is 0.286. The molecule has 0 spiro atoms. The molecule has 1 aromatic carbocycles. The van der Waals surface area contributed by atoms with Crippen LogP contribution in [0.4, 0.5) is 0 Å². The average molecular weight is 270 g/mol. The van der Waals surface area contributed by atoms with E-state index in [1.165, 1.54) is 0 Å². The summed E-state index contributed by atoms with van der Waals surface area (Å²) in [5.41, 5.74) is 8.72. The minimum Gasteiger partial charge on any atom is -0.402 e. The zero-order chi connectivity index (χ0) is 14.4. The van der Waals surface area contributed by atoms with E-state index >= 15 is 0 Å². The Kier molecular flexibility index (Phi) is 4.60. The topological polar surface area (TPSA) is 113 Å². The van der Waals surface area contributed by atoms with E-state index in [0.29, 0.717) is 6.54 Å². The van der Waals surface area contributed by atoms with E-state index in [-0.39, 0.29) is 11.5 Å². The van der Waals surface area contributed by atoms with E-state index in [0.717, 1.165) is 36.1 Å². The lowest BCUT2D eigenvalue weighted by Crippen LogP contribution is -2.16. The lowest BCUT2D eigenvalue weighted by atomic mass is 10.1. The zero-order valence-corrected chi connectivity index (χ0v) is 11.2. The van der Waals surface area contributed by atoms with Gasteiger partial charge in [-0.2, -0.15) is 0 Å². The van der Waals surface area contributed by atoms with E-state index in [9.17, 15) is 0 Å². The zero-order valence-electron chi connectivity index (χ0n) is 11.2. The van der Waals surface area contributed by atoms with Crippen molar-refractivity contribution in [2.45, 2.75) is 25.8 Å². The molecule has 0 unspecified atom stereocenters. The molecule has 6 heteroatoms. The SMILES string of the molecule is N=C(C(N=NN)=NCc1ccccc1)C1=C(N)CCC1. The van der Waals surface area contributed by atoms with E-state index in [1.54, 1.807) is 0 Å². The second-order valence-corrected chi connectivity index (χ2v) is 4.57. The van der Waals surface area contributed by atoms with Crippen LogP contribution in [0.15, 0.2) is 56.9 Å². The molecule has 20 heavy (non-hydrogen) atoms. The molecule has 6 nitrogen and oxygen atoms in total. The Labute approximate surface area is 117 Å². The monoisotopic (exact) mass is 270 g/mol. The fourth-order valence-corrected chi connectivity index (χ4v) is 2.15. The van der Waals surface area contributed by atoms with Crippen molar-refractivity contribution < 1.29 is 0 Å². The fourth-order valence-electron chi connectivity index (χ4n) is 2.15. The van der Waals surface area contributed by atoms with Gasteiger partial charge in [-0.05, 0) is 30.4 Å². The highest BCUT2D eigenvalue weighted by atomic mass is 15.3. The predicted octanol–water partition coefficient (Wildman–Crippen LogP) is 2.33. The molecule has 0 heterocycles. The molecule has 0 atom stereocenters. The van der Waals surface area contributed by atoms with Gasteiger partial charge in [0.2, 0.25) is 0 Å². The molecule has 1 aromatic rings. The number of nitrogens with two attached hydrogens (primary N) is 2. The molecule has 1 aliphatic carbocycles. The van der Waals surface area contributed by atoms with Gasteiger partial charge in [-0.15, -0.1) is 5.11 Å². The molecule has 5 N–H and O–H groups in total. The molecular weight excluding hydrogens is 252 g/mol. The summed E-state index contributed by atoms with van der Waals surface area (Å²) in [6.45, 7) is 0.435. The first-order valence-electron chi connectivity index (χ1n) is 6.48. The van der Waals surface area contributed by atoms with Crippen LogP contribution in [0.3, 0.4) is 0 Å². The molecular formula is C14H18N6. The number of aliphatic imine (C=N–C) groups is 1. The van der Waals surface area contributed by atoms with Gasteiger partial charge in [-0.25, -0.2) is 0 Å². The highest BCUT2D eigenvalue weighted by molar-refractivity contribution is 6.46. The van der Waals surface area contributed by atoms with E-state index in [2.05, 4.69) is 15.3 Å². The third-order valence-corrected chi connectivity index (χ3v) is 3.19. The molecule has 2 rings (SSSR count). The predicted molar refractivity (Wildman–Crippen MR) is 79.4 cm³/mol. The summed E-state index contributed by atoms with van der Waals surface area (Å²) in [4.78, 5) is 4.32. The van der Waals surface area contributed by atoms with Crippen molar-refractivity contribution in [3.8, 4) is 0 Å². The van der Waals surface area contributed by atoms with Crippen molar-refractivity contribution in [1.82, 2.24) is 0 Å². The maximum Gasteiger partial charge on any atom is 0.197 e. The van der Waals surface area contributed by atoms with Gasteiger partial charge in [0.1, 0.15) is 5.71 Å². The van der Waals surface area contributed by atoms with E-state index < -0.39 is 0 Å². The third kappa shape index (κ3) is 3.28. The van der Waals surface area contributed by atoms with Crippen molar-refractivity contribution >= 4 is 11.5 Å². The number of allylic oxidation sites excluding steroid dienone is 1. The van der Waals surface area contributed by atoms with Gasteiger partial charge in [-0.3, -0.25) is 10.4 Å². The Hall–Kier alpha value is -2.50. The van der Waals surface area contributed by atoms with Crippen LogP contribution in [0.5, 0.6) is 0 Å². The molecule has 0 aliphatic heterocycles. The Morgan fingerprint density at radius 2 is 1.95 bits per heavy atom. The number of rotatable bonds is 4. The number of nitrogens with zero attached hydrogens (tertiary/aromatic N) is 3. The number of benzene rings is 1. The molecule has 0 fully saturated rings. The van der Waals surface area contributed by atoms with Crippen LogP contribution >= 0.6 is 0 Å². The van der Waals surface area contributed by atoms with Crippen molar-refractivity contribution in [3.05, 3.63) is 47.2 Å².